The minimum absolute atomic E-state index is 0.311. The van der Waals surface area contributed by atoms with Crippen LogP contribution in [-0.4, -0.2) is 35.7 Å². The number of carboxylic acids is 1. The SMILES string of the molecule is COc1cccc(CN2CC3CCCC3C2C(=O)O)c1. The number of ether oxygens (including phenoxy) is 1. The third-order valence-electron chi connectivity index (χ3n) is 4.76. The predicted molar refractivity (Wildman–Crippen MR) is 75.7 cm³/mol. The molecular weight excluding hydrogens is 254 g/mol. The number of fused-ring (bicyclic) bond motifs is 1. The summed E-state index contributed by atoms with van der Waals surface area (Å²) in [5.74, 6) is 1.08. The molecule has 20 heavy (non-hydrogen) atoms. The Balaban J connectivity index is 1.77. The van der Waals surface area contributed by atoms with Crippen LogP contribution in [0.3, 0.4) is 0 Å². The number of benzene rings is 1. The van der Waals surface area contributed by atoms with E-state index in [2.05, 4.69) is 4.90 Å². The maximum absolute atomic E-state index is 11.6. The molecule has 1 aliphatic heterocycles. The molecule has 3 atom stereocenters. The van der Waals surface area contributed by atoms with E-state index in [1.54, 1.807) is 7.11 Å². The van der Waals surface area contributed by atoms with E-state index in [-0.39, 0.29) is 6.04 Å². The molecule has 108 valence electrons. The largest absolute Gasteiger partial charge is 0.497 e. The number of carbonyl (C=O) groups is 1. The average molecular weight is 275 g/mol. The summed E-state index contributed by atoms with van der Waals surface area (Å²) in [7, 11) is 1.65. The summed E-state index contributed by atoms with van der Waals surface area (Å²) in [5.41, 5.74) is 1.12. The first kappa shape index (κ1) is 13.4. The van der Waals surface area contributed by atoms with Crippen molar-refractivity contribution < 1.29 is 14.6 Å². The van der Waals surface area contributed by atoms with Gasteiger partial charge in [0.15, 0.2) is 0 Å². The van der Waals surface area contributed by atoms with Crippen LogP contribution in [0.2, 0.25) is 0 Å². The van der Waals surface area contributed by atoms with E-state index < -0.39 is 5.97 Å². The van der Waals surface area contributed by atoms with Crippen LogP contribution < -0.4 is 4.74 Å². The lowest BCUT2D eigenvalue weighted by atomic mass is 9.94. The first-order valence-corrected chi connectivity index (χ1v) is 7.29. The third kappa shape index (κ3) is 2.40. The van der Waals surface area contributed by atoms with Crippen molar-refractivity contribution in [3.63, 3.8) is 0 Å². The molecule has 1 aromatic rings. The van der Waals surface area contributed by atoms with E-state index >= 15 is 0 Å². The maximum Gasteiger partial charge on any atom is 0.321 e. The number of rotatable bonds is 4. The van der Waals surface area contributed by atoms with E-state index in [1.165, 1.54) is 12.8 Å². The second-order valence-electron chi connectivity index (χ2n) is 5.92. The molecule has 4 nitrogen and oxygen atoms in total. The standard InChI is InChI=1S/C16H21NO3/c1-20-13-6-2-4-11(8-13)9-17-10-12-5-3-7-14(12)15(17)16(18)19/h2,4,6,8,12,14-15H,3,5,7,9-10H2,1H3,(H,18,19). The van der Waals surface area contributed by atoms with Gasteiger partial charge in [-0.25, -0.2) is 0 Å². The van der Waals surface area contributed by atoms with Gasteiger partial charge in [0.05, 0.1) is 7.11 Å². The number of methoxy groups -OCH3 is 1. The van der Waals surface area contributed by atoms with Crippen molar-refractivity contribution in [3.05, 3.63) is 29.8 Å². The van der Waals surface area contributed by atoms with Gasteiger partial charge in [-0.1, -0.05) is 18.6 Å². The van der Waals surface area contributed by atoms with E-state index in [0.717, 1.165) is 24.3 Å². The van der Waals surface area contributed by atoms with Crippen LogP contribution in [-0.2, 0) is 11.3 Å². The Bertz CT molecular complexity index is 502. The second-order valence-corrected chi connectivity index (χ2v) is 5.92. The highest BCUT2D eigenvalue weighted by Gasteiger charge is 2.47. The van der Waals surface area contributed by atoms with Crippen LogP contribution in [0.25, 0.3) is 0 Å². The fourth-order valence-electron chi connectivity index (χ4n) is 3.90. The molecular formula is C16H21NO3. The molecule has 0 radical (unpaired) electrons. The van der Waals surface area contributed by atoms with Crippen LogP contribution in [0, 0.1) is 11.8 Å². The quantitative estimate of drug-likeness (QED) is 0.916. The van der Waals surface area contributed by atoms with E-state index in [9.17, 15) is 9.90 Å². The Morgan fingerprint density at radius 1 is 1.45 bits per heavy atom. The van der Waals surface area contributed by atoms with Crippen LogP contribution in [0.4, 0.5) is 0 Å². The molecule has 0 aromatic heterocycles. The van der Waals surface area contributed by atoms with Crippen molar-refractivity contribution in [1.29, 1.82) is 0 Å². The molecule has 2 aliphatic rings. The first-order valence-electron chi connectivity index (χ1n) is 7.29. The average Bonchev–Trinajstić information content (AvgIpc) is 2.98. The normalized spacial score (nSPS) is 29.4. The van der Waals surface area contributed by atoms with Crippen molar-refractivity contribution in [1.82, 2.24) is 4.90 Å². The van der Waals surface area contributed by atoms with Gasteiger partial charge in [-0.15, -0.1) is 0 Å². The Kier molecular flexibility index (Phi) is 3.66. The van der Waals surface area contributed by atoms with Crippen LogP contribution in [0.1, 0.15) is 24.8 Å². The lowest BCUT2D eigenvalue weighted by Crippen LogP contribution is -2.39. The zero-order chi connectivity index (χ0) is 14.1. The zero-order valence-electron chi connectivity index (χ0n) is 11.8. The summed E-state index contributed by atoms with van der Waals surface area (Å²) in [6.45, 7) is 1.61. The molecule has 0 amide bonds. The molecule has 1 saturated heterocycles. The highest BCUT2D eigenvalue weighted by molar-refractivity contribution is 5.74. The Labute approximate surface area is 119 Å². The van der Waals surface area contributed by atoms with Gasteiger partial charge in [0.25, 0.3) is 0 Å². The van der Waals surface area contributed by atoms with Crippen molar-refractivity contribution >= 4 is 5.97 Å². The predicted octanol–water partition coefficient (Wildman–Crippen LogP) is 2.38. The summed E-state index contributed by atoms with van der Waals surface area (Å²) >= 11 is 0. The number of nitrogens with zero attached hydrogens (tertiary/aromatic N) is 1. The number of aliphatic carboxylic acids is 1. The van der Waals surface area contributed by atoms with Gasteiger partial charge < -0.3 is 9.84 Å². The van der Waals surface area contributed by atoms with Crippen molar-refractivity contribution in [2.75, 3.05) is 13.7 Å². The molecule has 1 N–H and O–H groups in total. The summed E-state index contributed by atoms with van der Waals surface area (Å²) in [6.07, 6.45) is 3.44. The van der Waals surface area contributed by atoms with E-state index in [4.69, 9.17) is 4.74 Å². The van der Waals surface area contributed by atoms with E-state index in [1.807, 2.05) is 24.3 Å². The molecule has 2 fully saturated rings. The molecule has 3 unspecified atom stereocenters. The monoisotopic (exact) mass is 275 g/mol. The third-order valence-corrected chi connectivity index (χ3v) is 4.76. The van der Waals surface area contributed by atoms with Gasteiger partial charge >= 0.3 is 5.97 Å². The van der Waals surface area contributed by atoms with Gasteiger partial charge in [0, 0.05) is 13.1 Å². The van der Waals surface area contributed by atoms with Gasteiger partial charge in [0.1, 0.15) is 11.8 Å². The summed E-state index contributed by atoms with van der Waals surface area (Å²) in [4.78, 5) is 13.7. The molecule has 0 bridgehead atoms. The van der Waals surface area contributed by atoms with Crippen LogP contribution in [0.5, 0.6) is 5.75 Å². The van der Waals surface area contributed by atoms with Crippen molar-refractivity contribution in [2.45, 2.75) is 31.8 Å². The smallest absolute Gasteiger partial charge is 0.321 e. The lowest BCUT2D eigenvalue weighted by Gasteiger charge is -2.24. The number of hydrogen-bond donors (Lipinski definition) is 1. The molecule has 1 heterocycles. The molecule has 0 spiro atoms. The van der Waals surface area contributed by atoms with Gasteiger partial charge in [-0.05, 0) is 42.4 Å². The van der Waals surface area contributed by atoms with Crippen LogP contribution in [0.15, 0.2) is 24.3 Å². The summed E-state index contributed by atoms with van der Waals surface area (Å²) in [5, 5.41) is 9.54. The van der Waals surface area contributed by atoms with Gasteiger partial charge in [0.2, 0.25) is 0 Å². The first-order chi connectivity index (χ1) is 9.69. The Morgan fingerprint density at radius 2 is 2.30 bits per heavy atom. The lowest BCUT2D eigenvalue weighted by molar-refractivity contribution is -0.143. The fraction of sp³-hybridized carbons (Fsp3) is 0.562. The van der Waals surface area contributed by atoms with Gasteiger partial charge in [-0.3, -0.25) is 9.69 Å². The number of likely N-dealkylation sites (tertiary alicyclic amines) is 1. The highest BCUT2D eigenvalue weighted by Crippen LogP contribution is 2.42. The summed E-state index contributed by atoms with van der Waals surface area (Å²) in [6, 6.07) is 7.59. The Hall–Kier alpha value is -1.55. The van der Waals surface area contributed by atoms with E-state index in [0.29, 0.717) is 18.4 Å². The maximum atomic E-state index is 11.6. The molecule has 4 heteroatoms. The zero-order valence-corrected chi connectivity index (χ0v) is 11.8. The van der Waals surface area contributed by atoms with Gasteiger partial charge in [-0.2, -0.15) is 0 Å². The minimum atomic E-state index is -0.665. The molecule has 1 aliphatic carbocycles. The minimum Gasteiger partial charge on any atom is -0.497 e. The fourth-order valence-corrected chi connectivity index (χ4v) is 3.90. The van der Waals surface area contributed by atoms with Crippen LogP contribution >= 0.6 is 0 Å². The highest BCUT2D eigenvalue weighted by atomic mass is 16.5. The Morgan fingerprint density at radius 3 is 3.05 bits per heavy atom. The summed E-state index contributed by atoms with van der Waals surface area (Å²) < 4.78 is 5.23. The number of hydrogen-bond acceptors (Lipinski definition) is 3. The second kappa shape index (κ2) is 5.44. The molecule has 3 rings (SSSR count). The number of carboxylic acid groups (broad SMARTS) is 1. The molecule has 1 aromatic carbocycles. The van der Waals surface area contributed by atoms with Crippen molar-refractivity contribution in [2.24, 2.45) is 11.8 Å². The van der Waals surface area contributed by atoms with Crippen molar-refractivity contribution in [3.8, 4) is 5.75 Å². The molecule has 1 saturated carbocycles. The topological polar surface area (TPSA) is 49.8 Å².